The van der Waals surface area contributed by atoms with Gasteiger partial charge in [-0.3, -0.25) is 0 Å². The molecule has 0 aromatic heterocycles. The third-order valence-corrected chi connectivity index (χ3v) is 6.48. The smallest absolute Gasteiger partial charge is 0.329 e. The number of ether oxygens (including phenoxy) is 1. The highest BCUT2D eigenvalue weighted by atomic mass is 16.5. The van der Waals surface area contributed by atoms with E-state index >= 15 is 0 Å². The number of hydrogen-bond acceptors (Lipinski definition) is 4. The second kappa shape index (κ2) is 11.2. The molecule has 0 heterocycles. The number of unbranched alkanes of at least 4 members (excludes halogenated alkanes) is 1. The lowest BCUT2D eigenvalue weighted by molar-refractivity contribution is -0.142. The number of fused-ring (bicyclic) bond motifs is 1. The van der Waals surface area contributed by atoms with Crippen LogP contribution in [0, 0.1) is 29.6 Å². The maximum atomic E-state index is 10.5. The van der Waals surface area contributed by atoms with Crippen LogP contribution in [0.1, 0.15) is 65.2 Å². The SMILES string of the molecule is CCCC[C@@H](C)C[C@H](O)/C=C/[C@@H]1[C@H]2C[C@H](CCOCC(=O)O)C[C@H]2C[C@H]1O. The van der Waals surface area contributed by atoms with Crippen LogP contribution < -0.4 is 0 Å². The van der Waals surface area contributed by atoms with Crippen LogP contribution in [-0.2, 0) is 9.53 Å². The number of aliphatic hydroxyl groups is 2. The second-order valence-corrected chi connectivity index (χ2v) is 8.81. The third kappa shape index (κ3) is 7.20. The second-order valence-electron chi connectivity index (χ2n) is 8.81. The fourth-order valence-electron chi connectivity index (χ4n) is 5.11. The molecule has 2 fully saturated rings. The molecule has 0 amide bonds. The molecule has 0 unspecified atom stereocenters. The van der Waals surface area contributed by atoms with Gasteiger partial charge in [0.05, 0.1) is 12.2 Å². The van der Waals surface area contributed by atoms with Crippen LogP contribution in [0.5, 0.6) is 0 Å². The largest absolute Gasteiger partial charge is 0.480 e. The summed E-state index contributed by atoms with van der Waals surface area (Å²) in [6.45, 7) is 4.65. The number of hydrogen-bond donors (Lipinski definition) is 3. The summed E-state index contributed by atoms with van der Waals surface area (Å²) < 4.78 is 5.17. The molecule has 3 N–H and O–H groups in total. The first-order valence-electron chi connectivity index (χ1n) is 10.7. The zero-order chi connectivity index (χ0) is 19.8. The van der Waals surface area contributed by atoms with Gasteiger partial charge < -0.3 is 20.1 Å². The quantitative estimate of drug-likeness (QED) is 0.354. The van der Waals surface area contributed by atoms with Crippen molar-refractivity contribution in [3.05, 3.63) is 12.2 Å². The summed E-state index contributed by atoms with van der Waals surface area (Å²) >= 11 is 0. The molecule has 0 aromatic rings. The van der Waals surface area contributed by atoms with Gasteiger partial charge >= 0.3 is 5.97 Å². The van der Waals surface area contributed by atoms with Gasteiger partial charge in [-0.05, 0) is 55.8 Å². The topological polar surface area (TPSA) is 87.0 Å². The molecule has 5 nitrogen and oxygen atoms in total. The van der Waals surface area contributed by atoms with Crippen molar-refractivity contribution in [2.45, 2.75) is 77.4 Å². The first-order valence-corrected chi connectivity index (χ1v) is 10.7. The van der Waals surface area contributed by atoms with Crippen molar-refractivity contribution >= 4 is 5.97 Å². The summed E-state index contributed by atoms with van der Waals surface area (Å²) in [4.78, 5) is 10.5. The molecule has 2 aliphatic rings. The average molecular weight is 383 g/mol. The van der Waals surface area contributed by atoms with Gasteiger partial charge in [-0.15, -0.1) is 0 Å². The van der Waals surface area contributed by atoms with Gasteiger partial charge in [0.25, 0.3) is 0 Å². The van der Waals surface area contributed by atoms with E-state index in [9.17, 15) is 15.0 Å². The molecule has 156 valence electrons. The molecule has 0 aliphatic heterocycles. The Morgan fingerprint density at radius 3 is 2.78 bits per heavy atom. The normalized spacial score (nSPS) is 32.7. The van der Waals surface area contributed by atoms with Gasteiger partial charge in [0.15, 0.2) is 0 Å². The highest BCUT2D eigenvalue weighted by Gasteiger charge is 2.46. The maximum absolute atomic E-state index is 10.5. The van der Waals surface area contributed by atoms with Gasteiger partial charge in [-0.25, -0.2) is 4.79 Å². The Hall–Kier alpha value is -0.910. The summed E-state index contributed by atoms with van der Waals surface area (Å²) in [7, 11) is 0. The number of carboxylic acid groups (broad SMARTS) is 1. The zero-order valence-electron chi connectivity index (χ0n) is 16.9. The first-order chi connectivity index (χ1) is 12.9. The Kier molecular flexibility index (Phi) is 9.27. The highest BCUT2D eigenvalue weighted by Crippen LogP contribution is 2.51. The van der Waals surface area contributed by atoms with Crippen LogP contribution >= 0.6 is 0 Å². The Labute approximate surface area is 163 Å². The number of carbonyl (C=O) groups is 1. The molecule has 0 bridgehead atoms. The summed E-state index contributed by atoms with van der Waals surface area (Å²) in [6.07, 6.45) is 11.5. The van der Waals surface area contributed by atoms with E-state index in [4.69, 9.17) is 9.84 Å². The van der Waals surface area contributed by atoms with Gasteiger partial charge in [0.2, 0.25) is 0 Å². The predicted octanol–water partition coefficient (Wildman–Crippen LogP) is 3.63. The van der Waals surface area contributed by atoms with Crippen molar-refractivity contribution in [1.29, 1.82) is 0 Å². The van der Waals surface area contributed by atoms with Gasteiger partial charge in [0.1, 0.15) is 6.61 Å². The Balaban J connectivity index is 1.77. The minimum absolute atomic E-state index is 0.139. The number of aliphatic carboxylic acids is 1. The molecule has 7 atom stereocenters. The summed E-state index contributed by atoms with van der Waals surface area (Å²) in [5.41, 5.74) is 0. The van der Waals surface area contributed by atoms with Gasteiger partial charge in [-0.1, -0.05) is 45.3 Å². The van der Waals surface area contributed by atoms with E-state index in [1.54, 1.807) is 0 Å². The summed E-state index contributed by atoms with van der Waals surface area (Å²) in [5.74, 6) is 1.31. The van der Waals surface area contributed by atoms with Crippen LogP contribution in [0.4, 0.5) is 0 Å². The van der Waals surface area contributed by atoms with E-state index in [0.717, 1.165) is 38.5 Å². The Bertz CT molecular complexity index is 477. The molecular weight excluding hydrogens is 344 g/mol. The van der Waals surface area contributed by atoms with Crippen molar-refractivity contribution < 1.29 is 24.9 Å². The molecule has 27 heavy (non-hydrogen) atoms. The average Bonchev–Trinajstić information content (AvgIpc) is 3.11. The fraction of sp³-hybridized carbons (Fsp3) is 0.864. The van der Waals surface area contributed by atoms with E-state index in [1.165, 1.54) is 12.8 Å². The van der Waals surface area contributed by atoms with E-state index in [1.807, 2.05) is 6.08 Å². The molecule has 0 saturated heterocycles. The van der Waals surface area contributed by atoms with Crippen LogP contribution in [0.25, 0.3) is 0 Å². The minimum atomic E-state index is -0.922. The molecule has 0 radical (unpaired) electrons. The molecule has 0 aromatic carbocycles. The van der Waals surface area contributed by atoms with E-state index in [-0.39, 0.29) is 18.6 Å². The van der Waals surface area contributed by atoms with Crippen molar-refractivity contribution in [3.8, 4) is 0 Å². The standard InChI is InChI=1S/C22H38O5/c1-3-4-5-15(2)10-18(23)6-7-19-20-12-16(8-9-27-14-22(25)26)11-17(20)13-21(19)24/h6-7,15-21,23-24H,3-5,8-14H2,1-2H3,(H,25,26)/b7-6+/t15-,16-,17+,18-,19-,20+,21-/m1/s1. The highest BCUT2D eigenvalue weighted by molar-refractivity contribution is 5.67. The van der Waals surface area contributed by atoms with Crippen LogP contribution in [0.2, 0.25) is 0 Å². The molecule has 0 spiro atoms. The molecule has 2 saturated carbocycles. The zero-order valence-corrected chi connectivity index (χ0v) is 16.9. The Morgan fingerprint density at radius 2 is 2.07 bits per heavy atom. The van der Waals surface area contributed by atoms with Crippen LogP contribution in [-0.4, -0.2) is 46.7 Å². The first kappa shape index (κ1) is 22.4. The summed E-state index contributed by atoms with van der Waals surface area (Å²) in [5, 5.41) is 29.4. The Morgan fingerprint density at radius 1 is 1.30 bits per heavy atom. The molecular formula is C22H38O5. The van der Waals surface area contributed by atoms with Crippen molar-refractivity contribution in [2.24, 2.45) is 29.6 Å². The number of aliphatic hydroxyl groups excluding tert-OH is 2. The minimum Gasteiger partial charge on any atom is -0.480 e. The fourth-order valence-corrected chi connectivity index (χ4v) is 5.11. The van der Waals surface area contributed by atoms with E-state index in [2.05, 4.69) is 19.9 Å². The van der Waals surface area contributed by atoms with Crippen LogP contribution in [0.3, 0.4) is 0 Å². The molecule has 2 aliphatic carbocycles. The van der Waals surface area contributed by atoms with E-state index < -0.39 is 12.1 Å². The lowest BCUT2D eigenvalue weighted by Gasteiger charge is -2.20. The third-order valence-electron chi connectivity index (χ3n) is 6.48. The van der Waals surface area contributed by atoms with Gasteiger partial charge in [0, 0.05) is 12.5 Å². The monoisotopic (exact) mass is 382 g/mol. The molecule has 5 heteroatoms. The number of rotatable bonds is 12. The van der Waals surface area contributed by atoms with E-state index in [0.29, 0.717) is 30.3 Å². The number of carboxylic acids is 1. The van der Waals surface area contributed by atoms with Crippen LogP contribution in [0.15, 0.2) is 12.2 Å². The van der Waals surface area contributed by atoms with Gasteiger partial charge in [-0.2, -0.15) is 0 Å². The summed E-state index contributed by atoms with van der Waals surface area (Å²) in [6, 6.07) is 0. The lowest BCUT2D eigenvalue weighted by Crippen LogP contribution is -2.19. The lowest BCUT2D eigenvalue weighted by atomic mass is 9.89. The predicted molar refractivity (Wildman–Crippen MR) is 105 cm³/mol. The maximum Gasteiger partial charge on any atom is 0.329 e. The molecule has 2 rings (SSSR count). The van der Waals surface area contributed by atoms with Crippen molar-refractivity contribution in [1.82, 2.24) is 0 Å². The van der Waals surface area contributed by atoms with Crippen molar-refractivity contribution in [2.75, 3.05) is 13.2 Å². The van der Waals surface area contributed by atoms with Crippen molar-refractivity contribution in [3.63, 3.8) is 0 Å².